The van der Waals surface area contributed by atoms with Gasteiger partial charge in [-0.2, -0.15) is 0 Å². The third-order valence-electron chi connectivity index (χ3n) is 4.92. The SMILES string of the molecule is COCC(C)(C)C1Nc2ccc([N+](=O)[O-])cc2C2C=CCC21. The van der Waals surface area contributed by atoms with Gasteiger partial charge in [0.1, 0.15) is 0 Å². The number of rotatable bonds is 4. The van der Waals surface area contributed by atoms with Crippen molar-refractivity contribution in [2.45, 2.75) is 32.2 Å². The number of hydrogen-bond donors (Lipinski definition) is 1. The maximum absolute atomic E-state index is 11.0. The number of anilines is 1. The molecule has 0 bridgehead atoms. The van der Waals surface area contributed by atoms with E-state index < -0.39 is 0 Å². The van der Waals surface area contributed by atoms with Crippen LogP contribution in [0.4, 0.5) is 11.4 Å². The Labute approximate surface area is 130 Å². The van der Waals surface area contributed by atoms with E-state index in [1.54, 1.807) is 19.2 Å². The van der Waals surface area contributed by atoms with Gasteiger partial charge in [0.05, 0.1) is 11.5 Å². The molecule has 0 amide bonds. The Morgan fingerprint density at radius 1 is 1.45 bits per heavy atom. The Hall–Kier alpha value is -1.88. The number of nitrogens with zero attached hydrogens (tertiary/aromatic N) is 1. The number of methoxy groups -OCH3 is 1. The molecule has 5 heteroatoms. The van der Waals surface area contributed by atoms with E-state index in [0.29, 0.717) is 12.5 Å². The van der Waals surface area contributed by atoms with Gasteiger partial charge in [0, 0.05) is 42.3 Å². The quantitative estimate of drug-likeness (QED) is 0.523. The monoisotopic (exact) mass is 302 g/mol. The summed E-state index contributed by atoms with van der Waals surface area (Å²) in [4.78, 5) is 10.7. The smallest absolute Gasteiger partial charge is 0.269 e. The minimum atomic E-state index is -0.325. The average Bonchev–Trinajstić information content (AvgIpc) is 2.95. The van der Waals surface area contributed by atoms with Crippen LogP contribution in [0.2, 0.25) is 0 Å². The highest BCUT2D eigenvalue weighted by Crippen LogP contribution is 2.49. The zero-order chi connectivity index (χ0) is 15.9. The molecule has 22 heavy (non-hydrogen) atoms. The van der Waals surface area contributed by atoms with E-state index in [9.17, 15) is 10.1 Å². The number of nitro benzene ring substituents is 1. The Morgan fingerprint density at radius 3 is 2.91 bits per heavy atom. The highest BCUT2D eigenvalue weighted by Gasteiger charge is 2.44. The summed E-state index contributed by atoms with van der Waals surface area (Å²) >= 11 is 0. The number of allylic oxidation sites excluding steroid dienone is 2. The number of hydrogen-bond acceptors (Lipinski definition) is 4. The van der Waals surface area contributed by atoms with Crippen molar-refractivity contribution in [3.8, 4) is 0 Å². The molecule has 1 N–H and O–H groups in total. The van der Waals surface area contributed by atoms with E-state index in [2.05, 4.69) is 31.3 Å². The van der Waals surface area contributed by atoms with E-state index in [1.807, 2.05) is 6.07 Å². The molecule has 0 aromatic heterocycles. The first-order valence-corrected chi connectivity index (χ1v) is 7.64. The van der Waals surface area contributed by atoms with Crippen molar-refractivity contribution in [1.29, 1.82) is 0 Å². The zero-order valence-electron chi connectivity index (χ0n) is 13.2. The number of benzene rings is 1. The van der Waals surface area contributed by atoms with Gasteiger partial charge in [-0.15, -0.1) is 0 Å². The largest absolute Gasteiger partial charge is 0.384 e. The number of nitrogens with one attached hydrogen (secondary N) is 1. The number of fused-ring (bicyclic) bond motifs is 3. The highest BCUT2D eigenvalue weighted by atomic mass is 16.6. The molecule has 2 aliphatic rings. The van der Waals surface area contributed by atoms with Gasteiger partial charge < -0.3 is 10.1 Å². The molecule has 0 saturated carbocycles. The predicted octanol–water partition coefficient (Wildman–Crippen LogP) is 3.72. The van der Waals surface area contributed by atoms with Crippen LogP contribution >= 0.6 is 0 Å². The third-order valence-corrected chi connectivity index (χ3v) is 4.92. The summed E-state index contributed by atoms with van der Waals surface area (Å²) in [7, 11) is 1.73. The molecule has 1 aliphatic heterocycles. The number of ether oxygens (including phenoxy) is 1. The molecule has 0 radical (unpaired) electrons. The van der Waals surface area contributed by atoms with Crippen LogP contribution in [0.5, 0.6) is 0 Å². The molecule has 118 valence electrons. The second kappa shape index (κ2) is 5.39. The van der Waals surface area contributed by atoms with Crippen molar-refractivity contribution in [3.05, 3.63) is 46.0 Å². The molecule has 5 nitrogen and oxygen atoms in total. The standard InChI is InChI=1S/C17H22N2O3/c1-17(2,10-22-3)16-13-6-4-5-12(13)14-9-11(19(20)21)7-8-15(14)18-16/h4-5,7-9,12-13,16,18H,6,10H2,1-3H3. The zero-order valence-corrected chi connectivity index (χ0v) is 13.2. The molecule has 3 rings (SSSR count). The first-order valence-electron chi connectivity index (χ1n) is 7.64. The third kappa shape index (κ3) is 2.39. The second-order valence-corrected chi connectivity index (χ2v) is 6.93. The molecule has 1 aromatic rings. The minimum absolute atomic E-state index is 0.0108. The van der Waals surface area contributed by atoms with E-state index in [-0.39, 0.29) is 28.0 Å². The van der Waals surface area contributed by atoms with Crippen molar-refractivity contribution in [2.24, 2.45) is 11.3 Å². The minimum Gasteiger partial charge on any atom is -0.384 e. The molecule has 0 saturated heterocycles. The lowest BCUT2D eigenvalue weighted by atomic mass is 9.69. The van der Waals surface area contributed by atoms with Crippen molar-refractivity contribution in [1.82, 2.24) is 0 Å². The van der Waals surface area contributed by atoms with E-state index >= 15 is 0 Å². The summed E-state index contributed by atoms with van der Waals surface area (Å²) in [5, 5.41) is 14.7. The van der Waals surface area contributed by atoms with Crippen LogP contribution in [0.25, 0.3) is 0 Å². The van der Waals surface area contributed by atoms with Crippen molar-refractivity contribution in [2.75, 3.05) is 19.0 Å². The van der Waals surface area contributed by atoms with Gasteiger partial charge in [-0.3, -0.25) is 10.1 Å². The van der Waals surface area contributed by atoms with Crippen molar-refractivity contribution in [3.63, 3.8) is 0 Å². The predicted molar refractivity (Wildman–Crippen MR) is 86.2 cm³/mol. The molecule has 3 atom stereocenters. The normalized spacial score (nSPS) is 26.2. The molecule has 1 heterocycles. The maximum Gasteiger partial charge on any atom is 0.269 e. The summed E-state index contributed by atoms with van der Waals surface area (Å²) in [5.41, 5.74) is 2.20. The Bertz CT molecular complexity index is 624. The molecule has 3 unspecified atom stereocenters. The van der Waals surface area contributed by atoms with Crippen LogP contribution in [0.15, 0.2) is 30.4 Å². The molecule has 1 aromatic carbocycles. The lowest BCUT2D eigenvalue weighted by molar-refractivity contribution is -0.384. The average molecular weight is 302 g/mol. The first kappa shape index (κ1) is 15.0. The summed E-state index contributed by atoms with van der Waals surface area (Å²) < 4.78 is 5.40. The summed E-state index contributed by atoms with van der Waals surface area (Å²) in [5.74, 6) is 0.664. The fourth-order valence-electron chi connectivity index (χ4n) is 3.93. The summed E-state index contributed by atoms with van der Waals surface area (Å²) in [6.07, 6.45) is 5.39. The van der Waals surface area contributed by atoms with Crippen molar-refractivity contribution < 1.29 is 9.66 Å². The van der Waals surface area contributed by atoms with Gasteiger partial charge >= 0.3 is 0 Å². The van der Waals surface area contributed by atoms with Crippen LogP contribution in [-0.2, 0) is 4.74 Å². The van der Waals surface area contributed by atoms with Gasteiger partial charge in [-0.05, 0) is 24.0 Å². The second-order valence-electron chi connectivity index (χ2n) is 6.93. The van der Waals surface area contributed by atoms with E-state index in [4.69, 9.17) is 4.74 Å². The maximum atomic E-state index is 11.0. The number of nitro groups is 1. The molecule has 0 spiro atoms. The van der Waals surface area contributed by atoms with Crippen LogP contribution in [0.3, 0.4) is 0 Å². The summed E-state index contributed by atoms with van der Waals surface area (Å²) in [6.45, 7) is 5.09. The van der Waals surface area contributed by atoms with Crippen LogP contribution in [0.1, 0.15) is 31.7 Å². The fourth-order valence-corrected chi connectivity index (χ4v) is 3.93. The lowest BCUT2D eigenvalue weighted by Gasteiger charge is -2.45. The fraction of sp³-hybridized carbons (Fsp3) is 0.529. The van der Waals surface area contributed by atoms with Gasteiger partial charge in [0.2, 0.25) is 0 Å². The van der Waals surface area contributed by atoms with Gasteiger partial charge in [-0.25, -0.2) is 0 Å². The lowest BCUT2D eigenvalue weighted by Crippen LogP contribution is -2.48. The van der Waals surface area contributed by atoms with E-state index in [0.717, 1.165) is 17.7 Å². The molecule has 1 aliphatic carbocycles. The molecule has 0 fully saturated rings. The van der Waals surface area contributed by atoms with Gasteiger partial charge in [0.15, 0.2) is 0 Å². The Kier molecular flexibility index (Phi) is 3.68. The van der Waals surface area contributed by atoms with E-state index in [1.165, 1.54) is 0 Å². The Balaban J connectivity index is 2.01. The summed E-state index contributed by atoms with van der Waals surface area (Å²) in [6, 6.07) is 5.41. The van der Waals surface area contributed by atoms with Gasteiger partial charge in [-0.1, -0.05) is 26.0 Å². The molecular formula is C17H22N2O3. The van der Waals surface area contributed by atoms with Gasteiger partial charge in [0.25, 0.3) is 5.69 Å². The number of non-ortho nitro benzene ring substituents is 1. The highest BCUT2D eigenvalue weighted by molar-refractivity contribution is 5.62. The van der Waals surface area contributed by atoms with Crippen LogP contribution in [-0.4, -0.2) is 24.7 Å². The Morgan fingerprint density at radius 2 is 2.23 bits per heavy atom. The topological polar surface area (TPSA) is 64.4 Å². The molecular weight excluding hydrogens is 280 g/mol. The van der Waals surface area contributed by atoms with Crippen LogP contribution < -0.4 is 5.32 Å². The van der Waals surface area contributed by atoms with Crippen molar-refractivity contribution >= 4 is 11.4 Å². The van der Waals surface area contributed by atoms with Crippen LogP contribution in [0, 0.1) is 21.4 Å². The first-order chi connectivity index (χ1) is 10.4.